The predicted octanol–water partition coefficient (Wildman–Crippen LogP) is 2.79. The molecule has 1 saturated heterocycles. The highest BCUT2D eigenvalue weighted by Gasteiger charge is 2.28. The summed E-state index contributed by atoms with van der Waals surface area (Å²) in [7, 11) is 0. The maximum absolute atomic E-state index is 12.4. The number of hydrogen-bond donors (Lipinski definition) is 1. The van der Waals surface area contributed by atoms with E-state index in [-0.39, 0.29) is 11.9 Å². The van der Waals surface area contributed by atoms with Crippen molar-refractivity contribution < 1.29 is 19.0 Å². The number of ether oxygens (including phenoxy) is 3. The first kappa shape index (κ1) is 18.6. The Balaban J connectivity index is 1.27. The second-order valence-electron chi connectivity index (χ2n) is 7.04. The van der Waals surface area contributed by atoms with Gasteiger partial charge in [-0.2, -0.15) is 0 Å². The number of nitrogens with one attached hydrogen (secondary N) is 1. The van der Waals surface area contributed by atoms with Gasteiger partial charge in [-0.15, -0.1) is 0 Å². The van der Waals surface area contributed by atoms with Gasteiger partial charge in [0, 0.05) is 6.04 Å². The van der Waals surface area contributed by atoms with Gasteiger partial charge in [-0.3, -0.25) is 9.69 Å². The number of nitrogens with zero attached hydrogens (tertiary/aromatic N) is 1. The van der Waals surface area contributed by atoms with Crippen molar-refractivity contribution in [1.82, 2.24) is 10.2 Å². The summed E-state index contributed by atoms with van der Waals surface area (Å²) < 4.78 is 16.9. The normalized spacial score (nSPS) is 18.6. The Bertz CT molecular complexity index is 796. The van der Waals surface area contributed by atoms with Crippen molar-refractivity contribution in [2.24, 2.45) is 0 Å². The molecule has 4 rings (SSSR count). The number of para-hydroxylation sites is 1. The van der Waals surface area contributed by atoms with E-state index < -0.39 is 0 Å². The third-order valence-electron chi connectivity index (χ3n) is 5.10. The van der Waals surface area contributed by atoms with Crippen LogP contribution in [0.15, 0.2) is 48.5 Å². The van der Waals surface area contributed by atoms with Gasteiger partial charge >= 0.3 is 0 Å². The van der Waals surface area contributed by atoms with Crippen LogP contribution in [0.1, 0.15) is 24.4 Å². The molecule has 0 bridgehead atoms. The third kappa shape index (κ3) is 4.57. The van der Waals surface area contributed by atoms with E-state index >= 15 is 0 Å². The van der Waals surface area contributed by atoms with Gasteiger partial charge in [0.25, 0.3) is 0 Å². The molecule has 0 aliphatic carbocycles. The molecule has 28 heavy (non-hydrogen) atoms. The smallest absolute Gasteiger partial charge is 0.234 e. The van der Waals surface area contributed by atoms with Crippen LogP contribution in [-0.2, 0) is 4.79 Å². The summed E-state index contributed by atoms with van der Waals surface area (Å²) >= 11 is 0. The van der Waals surface area contributed by atoms with Crippen LogP contribution < -0.4 is 19.5 Å². The van der Waals surface area contributed by atoms with Gasteiger partial charge in [0.15, 0.2) is 11.5 Å². The largest absolute Gasteiger partial charge is 0.492 e. The number of carbonyl (C=O) groups is 1. The molecule has 0 radical (unpaired) electrons. The minimum atomic E-state index is 0.0288. The number of rotatable bonds is 7. The summed E-state index contributed by atoms with van der Waals surface area (Å²) in [5.74, 6) is 2.45. The summed E-state index contributed by atoms with van der Waals surface area (Å²) in [6.45, 7) is 3.45. The van der Waals surface area contributed by atoms with E-state index in [1.807, 2.05) is 36.4 Å². The van der Waals surface area contributed by atoms with E-state index in [0.717, 1.165) is 36.6 Å². The Kier molecular flexibility index (Phi) is 5.97. The van der Waals surface area contributed by atoms with E-state index in [1.165, 1.54) is 5.56 Å². The SMILES string of the molecule is O=C(CN1CCCC1c1ccc2c(c1)OCCO2)NCCOc1ccccc1. The Morgan fingerprint density at radius 1 is 1.11 bits per heavy atom. The average Bonchev–Trinajstić information content (AvgIpc) is 3.19. The van der Waals surface area contributed by atoms with Crippen molar-refractivity contribution >= 4 is 5.91 Å². The summed E-state index contributed by atoms with van der Waals surface area (Å²) in [5, 5.41) is 2.95. The Hall–Kier alpha value is -2.73. The van der Waals surface area contributed by atoms with E-state index in [0.29, 0.717) is 32.9 Å². The van der Waals surface area contributed by atoms with Crippen molar-refractivity contribution in [1.29, 1.82) is 0 Å². The van der Waals surface area contributed by atoms with Crippen molar-refractivity contribution in [2.45, 2.75) is 18.9 Å². The molecular formula is C22H26N2O4. The predicted molar refractivity (Wildman–Crippen MR) is 106 cm³/mol. The van der Waals surface area contributed by atoms with Crippen LogP contribution in [0.25, 0.3) is 0 Å². The summed E-state index contributed by atoms with van der Waals surface area (Å²) in [4.78, 5) is 14.6. The Morgan fingerprint density at radius 2 is 1.93 bits per heavy atom. The quantitative estimate of drug-likeness (QED) is 0.746. The molecule has 2 aliphatic heterocycles. The molecule has 6 heteroatoms. The average molecular weight is 382 g/mol. The minimum absolute atomic E-state index is 0.0288. The third-order valence-corrected chi connectivity index (χ3v) is 5.10. The fourth-order valence-electron chi connectivity index (χ4n) is 3.78. The lowest BCUT2D eigenvalue weighted by molar-refractivity contribution is -0.122. The van der Waals surface area contributed by atoms with Crippen LogP contribution in [-0.4, -0.2) is 50.3 Å². The lowest BCUT2D eigenvalue weighted by atomic mass is 10.0. The molecule has 0 aromatic heterocycles. The second kappa shape index (κ2) is 8.97. The maximum atomic E-state index is 12.4. The van der Waals surface area contributed by atoms with Gasteiger partial charge in [-0.25, -0.2) is 0 Å². The first-order valence-electron chi connectivity index (χ1n) is 9.88. The number of carbonyl (C=O) groups excluding carboxylic acids is 1. The van der Waals surface area contributed by atoms with Crippen LogP contribution in [0, 0.1) is 0 Å². The molecule has 1 atom stereocenters. The first-order valence-corrected chi connectivity index (χ1v) is 9.88. The summed E-state index contributed by atoms with van der Waals surface area (Å²) in [6.07, 6.45) is 2.13. The van der Waals surface area contributed by atoms with Crippen molar-refractivity contribution in [2.75, 3.05) is 39.5 Å². The summed E-state index contributed by atoms with van der Waals surface area (Å²) in [5.41, 5.74) is 1.18. The lowest BCUT2D eigenvalue weighted by Crippen LogP contribution is -2.38. The van der Waals surface area contributed by atoms with Gasteiger partial charge in [0.2, 0.25) is 5.91 Å². The van der Waals surface area contributed by atoms with Crippen LogP contribution in [0.2, 0.25) is 0 Å². The molecule has 148 valence electrons. The van der Waals surface area contributed by atoms with Crippen LogP contribution in [0.4, 0.5) is 0 Å². The number of amides is 1. The van der Waals surface area contributed by atoms with Crippen LogP contribution in [0.5, 0.6) is 17.2 Å². The highest BCUT2D eigenvalue weighted by molar-refractivity contribution is 5.78. The fourth-order valence-corrected chi connectivity index (χ4v) is 3.78. The van der Waals surface area contributed by atoms with E-state index in [4.69, 9.17) is 14.2 Å². The topological polar surface area (TPSA) is 60.0 Å². The molecule has 0 spiro atoms. The molecule has 2 aliphatic rings. The van der Waals surface area contributed by atoms with Crippen molar-refractivity contribution in [3.8, 4) is 17.2 Å². The molecule has 1 N–H and O–H groups in total. The molecule has 1 fully saturated rings. The van der Waals surface area contributed by atoms with E-state index in [1.54, 1.807) is 0 Å². The highest BCUT2D eigenvalue weighted by Crippen LogP contribution is 2.37. The Labute approximate surface area is 165 Å². The molecule has 2 aromatic carbocycles. The van der Waals surface area contributed by atoms with Crippen LogP contribution >= 0.6 is 0 Å². The lowest BCUT2D eigenvalue weighted by Gasteiger charge is -2.26. The zero-order valence-corrected chi connectivity index (χ0v) is 15.9. The van der Waals surface area contributed by atoms with Gasteiger partial charge in [-0.05, 0) is 49.2 Å². The first-order chi connectivity index (χ1) is 13.8. The van der Waals surface area contributed by atoms with Gasteiger partial charge in [0.1, 0.15) is 25.6 Å². The molecule has 0 saturated carbocycles. The van der Waals surface area contributed by atoms with E-state index in [9.17, 15) is 4.79 Å². The van der Waals surface area contributed by atoms with Crippen molar-refractivity contribution in [3.63, 3.8) is 0 Å². The number of likely N-dealkylation sites (tertiary alicyclic amines) is 1. The van der Waals surface area contributed by atoms with Crippen molar-refractivity contribution in [3.05, 3.63) is 54.1 Å². The number of benzene rings is 2. The fraction of sp³-hybridized carbons (Fsp3) is 0.409. The zero-order valence-electron chi connectivity index (χ0n) is 15.9. The molecule has 2 heterocycles. The monoisotopic (exact) mass is 382 g/mol. The molecule has 6 nitrogen and oxygen atoms in total. The second-order valence-corrected chi connectivity index (χ2v) is 7.04. The Morgan fingerprint density at radius 3 is 2.79 bits per heavy atom. The van der Waals surface area contributed by atoms with Crippen LogP contribution in [0.3, 0.4) is 0 Å². The highest BCUT2D eigenvalue weighted by atomic mass is 16.6. The molecule has 1 amide bonds. The van der Waals surface area contributed by atoms with Gasteiger partial charge in [-0.1, -0.05) is 24.3 Å². The number of hydrogen-bond acceptors (Lipinski definition) is 5. The molecule has 2 aromatic rings. The van der Waals surface area contributed by atoms with Gasteiger partial charge < -0.3 is 19.5 Å². The maximum Gasteiger partial charge on any atom is 0.234 e. The zero-order chi connectivity index (χ0) is 19.2. The summed E-state index contributed by atoms with van der Waals surface area (Å²) in [6, 6.07) is 16.0. The minimum Gasteiger partial charge on any atom is -0.492 e. The van der Waals surface area contributed by atoms with Gasteiger partial charge in [0.05, 0.1) is 13.1 Å². The number of fused-ring (bicyclic) bond motifs is 1. The molecular weight excluding hydrogens is 356 g/mol. The van der Waals surface area contributed by atoms with E-state index in [2.05, 4.69) is 22.3 Å². The standard InChI is InChI=1S/C22H26N2O4/c25-22(23-10-12-26-18-5-2-1-3-6-18)16-24-11-4-7-19(24)17-8-9-20-21(15-17)28-14-13-27-20/h1-3,5-6,8-9,15,19H,4,7,10-14,16H2,(H,23,25). The molecule has 1 unspecified atom stereocenters.